The number of fused-ring (bicyclic) bond motifs is 3. The molecule has 2 aromatic rings. The molecule has 1 spiro atoms. The van der Waals surface area contributed by atoms with Crippen LogP contribution in [0.2, 0.25) is 0 Å². The Morgan fingerprint density at radius 2 is 2.00 bits per heavy atom. The lowest BCUT2D eigenvalue weighted by atomic mass is 9.87. The Kier molecular flexibility index (Phi) is 9.87. The number of nitrogens with zero attached hydrogens (tertiary/aromatic N) is 2. The molecule has 3 heterocycles. The predicted molar refractivity (Wildman–Crippen MR) is 163 cm³/mol. The first-order valence-corrected chi connectivity index (χ1v) is 15.1. The molecule has 10 heteroatoms. The Bertz CT molecular complexity index is 1370. The summed E-state index contributed by atoms with van der Waals surface area (Å²) in [6, 6.07) is 4.07. The van der Waals surface area contributed by atoms with E-state index in [0.29, 0.717) is 31.4 Å². The molecule has 0 saturated carbocycles. The number of amides is 2. The third-order valence-electron chi connectivity index (χ3n) is 8.12. The van der Waals surface area contributed by atoms with Crippen LogP contribution in [0.5, 0.6) is 11.5 Å². The number of nitrogens with one attached hydrogen (secondary N) is 1. The van der Waals surface area contributed by atoms with Crippen molar-refractivity contribution in [2.24, 2.45) is 0 Å². The number of hydrogen-bond donors (Lipinski definition) is 1. The van der Waals surface area contributed by atoms with Crippen LogP contribution in [0.3, 0.4) is 0 Å². The topological polar surface area (TPSA) is 116 Å². The quantitative estimate of drug-likeness (QED) is 0.220. The van der Waals surface area contributed by atoms with Crippen LogP contribution in [-0.2, 0) is 25.5 Å². The summed E-state index contributed by atoms with van der Waals surface area (Å²) >= 11 is 0. The number of rotatable bonds is 10. The van der Waals surface area contributed by atoms with Gasteiger partial charge in [-0.3, -0.25) is 4.79 Å². The maximum atomic E-state index is 14.1. The first-order valence-electron chi connectivity index (χ1n) is 15.1. The van der Waals surface area contributed by atoms with Crippen molar-refractivity contribution < 1.29 is 33.3 Å². The summed E-state index contributed by atoms with van der Waals surface area (Å²) < 4.78 is 22.8. The number of allylic oxidation sites excluding steroid dienone is 1. The minimum absolute atomic E-state index is 0.184. The van der Waals surface area contributed by atoms with E-state index in [-0.39, 0.29) is 18.9 Å². The molecule has 1 saturated heterocycles. The molecule has 1 aromatic carbocycles. The second-order valence-electron chi connectivity index (χ2n) is 12.5. The number of likely N-dealkylation sites (tertiary alicyclic amines) is 1. The van der Waals surface area contributed by atoms with Gasteiger partial charge in [-0.1, -0.05) is 18.9 Å². The third-order valence-corrected chi connectivity index (χ3v) is 8.12. The monoisotopic (exact) mass is 595 g/mol. The first-order chi connectivity index (χ1) is 20.4. The number of benzene rings is 1. The summed E-state index contributed by atoms with van der Waals surface area (Å²) in [6.07, 6.45) is 6.57. The summed E-state index contributed by atoms with van der Waals surface area (Å²) in [4.78, 5) is 46.2. The molecule has 0 bridgehead atoms. The van der Waals surface area contributed by atoms with Crippen molar-refractivity contribution in [1.29, 1.82) is 0 Å². The summed E-state index contributed by atoms with van der Waals surface area (Å²) in [5.74, 6) is 0.543. The average Bonchev–Trinajstić information content (AvgIpc) is 3.33. The molecule has 0 aliphatic carbocycles. The van der Waals surface area contributed by atoms with E-state index in [9.17, 15) is 14.4 Å². The van der Waals surface area contributed by atoms with Crippen molar-refractivity contribution in [2.45, 2.75) is 102 Å². The van der Waals surface area contributed by atoms with E-state index in [1.165, 1.54) is 12.0 Å². The molecule has 3 atom stereocenters. The molecule has 10 nitrogen and oxygen atoms in total. The van der Waals surface area contributed by atoms with Gasteiger partial charge in [0.05, 0.1) is 32.0 Å². The molecular formula is C33H45N3O7. The fraction of sp³-hybridized carbons (Fsp3) is 0.576. The Balaban J connectivity index is 1.61. The molecule has 43 heavy (non-hydrogen) atoms. The van der Waals surface area contributed by atoms with E-state index in [2.05, 4.69) is 11.9 Å². The van der Waals surface area contributed by atoms with Crippen LogP contribution in [0.15, 0.2) is 30.9 Å². The van der Waals surface area contributed by atoms with Gasteiger partial charge in [0.2, 0.25) is 5.91 Å². The van der Waals surface area contributed by atoms with Crippen LogP contribution in [0.4, 0.5) is 4.79 Å². The smallest absolute Gasteiger partial charge is 0.408 e. The van der Waals surface area contributed by atoms with Crippen LogP contribution in [0.25, 0.3) is 10.9 Å². The number of pyridine rings is 1. The van der Waals surface area contributed by atoms with E-state index in [1.54, 1.807) is 27.9 Å². The number of carbonyl (C=O) groups is 3. The number of unbranched alkanes of at least 4 members (excludes halogenated alkanes) is 3. The molecule has 1 aromatic heterocycles. The minimum atomic E-state index is -0.864. The van der Waals surface area contributed by atoms with E-state index in [4.69, 9.17) is 23.9 Å². The predicted octanol–water partition coefficient (Wildman–Crippen LogP) is 5.42. The second-order valence-corrected chi connectivity index (χ2v) is 12.5. The molecule has 1 fully saturated rings. The molecule has 2 aliphatic heterocycles. The summed E-state index contributed by atoms with van der Waals surface area (Å²) in [5, 5.41) is 3.74. The highest BCUT2D eigenvalue weighted by molar-refractivity contribution is 5.91. The number of aromatic nitrogens is 1. The fourth-order valence-corrected chi connectivity index (χ4v) is 6.06. The number of esters is 1. The van der Waals surface area contributed by atoms with Crippen LogP contribution in [-0.4, -0.2) is 71.9 Å². The van der Waals surface area contributed by atoms with Gasteiger partial charge in [0, 0.05) is 17.4 Å². The zero-order valence-electron chi connectivity index (χ0n) is 26.3. The van der Waals surface area contributed by atoms with Crippen molar-refractivity contribution in [3.8, 4) is 11.5 Å². The van der Waals surface area contributed by atoms with Crippen molar-refractivity contribution >= 4 is 28.9 Å². The van der Waals surface area contributed by atoms with Gasteiger partial charge in [-0.2, -0.15) is 0 Å². The van der Waals surface area contributed by atoms with Gasteiger partial charge in [0.25, 0.3) is 0 Å². The number of alkyl carbamates (subject to hydrolysis) is 1. The van der Waals surface area contributed by atoms with Crippen LogP contribution in [0, 0.1) is 6.92 Å². The SMILES string of the molecule is C=CCCCCC[C@H](NC(=O)OC(C)(C)C)C(=O)N1C[C@@]2(CCc3c(c(C)nc4ccc(OC)cc34)O2)C[C@H]1C(=O)OC. The standard InChI is InChI=1S/C33H45N3O7/c1-8-9-10-11-12-13-26(35-31(39)43-32(3,4)5)29(37)36-20-33(19-27(36)30(38)41-7)17-16-23-24-18-22(40-6)14-15-25(24)34-21(2)28(23)42-33/h8,14-15,18,26-27H,1,9-13,16-17,19-20H2,2-7H3,(H,35,39)/t26-,27-,33+/m0/s1. The number of aryl methyl sites for hydroxylation is 2. The molecule has 2 aliphatic rings. The second kappa shape index (κ2) is 13.2. The maximum Gasteiger partial charge on any atom is 0.408 e. The molecule has 2 amide bonds. The van der Waals surface area contributed by atoms with Gasteiger partial charge in [0.15, 0.2) is 0 Å². The highest BCUT2D eigenvalue weighted by Crippen LogP contribution is 2.45. The van der Waals surface area contributed by atoms with Crippen molar-refractivity contribution in [1.82, 2.24) is 15.2 Å². The Morgan fingerprint density at radius 1 is 1.23 bits per heavy atom. The molecule has 0 radical (unpaired) electrons. The number of carbonyl (C=O) groups excluding carboxylic acids is 3. The van der Waals surface area contributed by atoms with Crippen molar-refractivity contribution in [3.63, 3.8) is 0 Å². The summed E-state index contributed by atoms with van der Waals surface area (Å²) in [7, 11) is 2.95. The number of methoxy groups -OCH3 is 2. The van der Waals surface area contributed by atoms with Crippen molar-refractivity contribution in [2.75, 3.05) is 20.8 Å². The van der Waals surface area contributed by atoms with Crippen molar-refractivity contribution in [3.05, 3.63) is 42.1 Å². The van der Waals surface area contributed by atoms with Gasteiger partial charge in [-0.15, -0.1) is 6.58 Å². The van der Waals surface area contributed by atoms with Gasteiger partial charge >= 0.3 is 12.1 Å². The van der Waals surface area contributed by atoms with Gasteiger partial charge < -0.3 is 29.2 Å². The largest absolute Gasteiger partial charge is 0.497 e. The lowest BCUT2D eigenvalue weighted by Gasteiger charge is -2.36. The Labute approximate surface area is 254 Å². The lowest BCUT2D eigenvalue weighted by Crippen LogP contribution is -2.53. The van der Waals surface area contributed by atoms with E-state index in [0.717, 1.165) is 47.2 Å². The zero-order valence-corrected chi connectivity index (χ0v) is 26.3. The first kappa shape index (κ1) is 32.1. The minimum Gasteiger partial charge on any atom is -0.497 e. The van der Waals surface area contributed by atoms with Crippen LogP contribution in [0.1, 0.15) is 77.0 Å². The zero-order chi connectivity index (χ0) is 31.4. The molecule has 0 unspecified atom stereocenters. The molecule has 4 rings (SSSR count). The highest BCUT2D eigenvalue weighted by Gasteiger charge is 2.53. The number of hydrogen-bond acceptors (Lipinski definition) is 8. The van der Waals surface area contributed by atoms with Gasteiger partial charge in [0.1, 0.15) is 34.8 Å². The Hall–Kier alpha value is -3.82. The molecule has 1 N–H and O–H groups in total. The van der Waals surface area contributed by atoms with E-state index >= 15 is 0 Å². The average molecular weight is 596 g/mol. The van der Waals surface area contributed by atoms with E-state index in [1.807, 2.05) is 31.2 Å². The van der Waals surface area contributed by atoms with Crippen LogP contribution >= 0.6 is 0 Å². The summed E-state index contributed by atoms with van der Waals surface area (Å²) in [5.41, 5.74) is 1.11. The fourth-order valence-electron chi connectivity index (χ4n) is 6.06. The number of ether oxygens (including phenoxy) is 4. The van der Waals surface area contributed by atoms with Gasteiger partial charge in [-0.05, 0) is 78.0 Å². The summed E-state index contributed by atoms with van der Waals surface area (Å²) in [6.45, 7) is 11.2. The lowest BCUT2D eigenvalue weighted by molar-refractivity contribution is -0.151. The highest BCUT2D eigenvalue weighted by atomic mass is 16.6. The Morgan fingerprint density at radius 3 is 2.67 bits per heavy atom. The normalized spacial score (nSPS) is 20.2. The van der Waals surface area contributed by atoms with E-state index < -0.39 is 35.3 Å². The molecule has 234 valence electrons. The van der Waals surface area contributed by atoms with Gasteiger partial charge in [-0.25, -0.2) is 14.6 Å². The maximum absolute atomic E-state index is 14.1. The van der Waals surface area contributed by atoms with Crippen LogP contribution < -0.4 is 14.8 Å². The molecular weight excluding hydrogens is 550 g/mol. The third kappa shape index (κ3) is 7.40.